The summed E-state index contributed by atoms with van der Waals surface area (Å²) in [4.78, 5) is 0. The number of rotatable bonds is 5. The number of aliphatic hydroxyl groups excluding tert-OH is 1. The fraction of sp³-hybridized carbons (Fsp3) is 1.00. The highest BCUT2D eigenvalue weighted by Gasteiger charge is 2.38. The molecule has 102 valence electrons. The maximum atomic E-state index is 12.2. The molecular weight excluding hydrogens is 238 g/mol. The molecule has 4 nitrogen and oxygen atoms in total. The second kappa shape index (κ2) is 6.16. The molecule has 2 N–H and O–H groups in total. The van der Waals surface area contributed by atoms with E-state index >= 15 is 0 Å². The Labute approximate surface area is 105 Å². The Morgan fingerprint density at radius 3 is 2.53 bits per heavy atom. The number of sulfonamides is 1. The maximum absolute atomic E-state index is 12.2. The first-order valence-corrected chi connectivity index (χ1v) is 8.02. The van der Waals surface area contributed by atoms with Gasteiger partial charge in [-0.05, 0) is 30.6 Å². The van der Waals surface area contributed by atoms with Crippen LogP contribution in [-0.4, -0.2) is 31.9 Å². The summed E-state index contributed by atoms with van der Waals surface area (Å²) in [7, 11) is -3.28. The Morgan fingerprint density at radius 2 is 2.00 bits per heavy atom. The fourth-order valence-corrected chi connectivity index (χ4v) is 4.85. The first-order valence-electron chi connectivity index (χ1n) is 6.47. The maximum Gasteiger partial charge on any atom is 0.214 e. The Bertz CT molecular complexity index is 327. The predicted octanol–water partition coefficient (Wildman–Crippen LogP) is 1.36. The van der Waals surface area contributed by atoms with Crippen LogP contribution in [0.1, 0.15) is 40.0 Å². The average Bonchev–Trinajstić information content (AvgIpc) is 2.26. The van der Waals surface area contributed by atoms with Gasteiger partial charge >= 0.3 is 0 Å². The van der Waals surface area contributed by atoms with Crippen LogP contribution in [0.2, 0.25) is 0 Å². The van der Waals surface area contributed by atoms with Gasteiger partial charge in [0.25, 0.3) is 0 Å². The molecule has 3 atom stereocenters. The Morgan fingerprint density at radius 1 is 1.35 bits per heavy atom. The van der Waals surface area contributed by atoms with Crippen LogP contribution >= 0.6 is 0 Å². The second-order valence-electron chi connectivity index (χ2n) is 5.53. The van der Waals surface area contributed by atoms with Crippen molar-refractivity contribution in [1.29, 1.82) is 0 Å². The van der Waals surface area contributed by atoms with E-state index in [0.717, 1.165) is 19.3 Å². The molecule has 0 aliphatic heterocycles. The van der Waals surface area contributed by atoms with Crippen LogP contribution in [0.3, 0.4) is 0 Å². The van der Waals surface area contributed by atoms with Gasteiger partial charge in [-0.25, -0.2) is 13.1 Å². The van der Waals surface area contributed by atoms with Crippen molar-refractivity contribution in [1.82, 2.24) is 4.72 Å². The Balaban J connectivity index is 2.81. The van der Waals surface area contributed by atoms with Gasteiger partial charge in [0.15, 0.2) is 0 Å². The van der Waals surface area contributed by atoms with Crippen LogP contribution in [0.5, 0.6) is 0 Å². The highest BCUT2D eigenvalue weighted by atomic mass is 32.2. The molecule has 17 heavy (non-hydrogen) atoms. The molecule has 3 unspecified atom stereocenters. The molecule has 0 bridgehead atoms. The summed E-state index contributed by atoms with van der Waals surface area (Å²) in [5.74, 6) is 1.10. The normalized spacial score (nSPS) is 30.8. The van der Waals surface area contributed by atoms with E-state index in [1.54, 1.807) is 0 Å². The smallest absolute Gasteiger partial charge is 0.214 e. The lowest BCUT2D eigenvalue weighted by atomic mass is 9.77. The van der Waals surface area contributed by atoms with Gasteiger partial charge < -0.3 is 5.11 Å². The summed E-state index contributed by atoms with van der Waals surface area (Å²) < 4.78 is 26.9. The van der Waals surface area contributed by atoms with Gasteiger partial charge in [-0.15, -0.1) is 0 Å². The zero-order chi connectivity index (χ0) is 13.1. The van der Waals surface area contributed by atoms with Crippen LogP contribution in [0.25, 0.3) is 0 Å². The van der Waals surface area contributed by atoms with Crippen molar-refractivity contribution < 1.29 is 13.5 Å². The van der Waals surface area contributed by atoms with Crippen molar-refractivity contribution in [2.75, 3.05) is 13.2 Å². The third kappa shape index (κ3) is 3.93. The molecule has 0 saturated heterocycles. The Hall–Kier alpha value is -0.130. The van der Waals surface area contributed by atoms with Gasteiger partial charge in [0, 0.05) is 6.54 Å². The number of aliphatic hydroxyl groups is 1. The van der Waals surface area contributed by atoms with Crippen molar-refractivity contribution >= 4 is 10.0 Å². The lowest BCUT2D eigenvalue weighted by Crippen LogP contribution is -2.44. The molecule has 5 heteroatoms. The van der Waals surface area contributed by atoms with E-state index < -0.39 is 10.0 Å². The summed E-state index contributed by atoms with van der Waals surface area (Å²) in [6.07, 6.45) is 2.85. The first kappa shape index (κ1) is 14.9. The molecule has 0 aromatic carbocycles. The molecule has 0 aromatic heterocycles. The summed E-state index contributed by atoms with van der Waals surface area (Å²) in [6.45, 7) is 6.28. The molecular formula is C12H25NO3S. The van der Waals surface area contributed by atoms with Crippen molar-refractivity contribution in [2.24, 2.45) is 17.8 Å². The predicted molar refractivity (Wildman–Crippen MR) is 69.1 cm³/mol. The highest BCUT2D eigenvalue weighted by Crippen LogP contribution is 2.36. The lowest BCUT2D eigenvalue weighted by Gasteiger charge is -2.36. The third-order valence-corrected chi connectivity index (χ3v) is 5.72. The molecule has 1 fully saturated rings. The molecule has 0 radical (unpaired) electrons. The van der Waals surface area contributed by atoms with Gasteiger partial charge in [-0.3, -0.25) is 0 Å². The van der Waals surface area contributed by atoms with Gasteiger partial charge in [-0.2, -0.15) is 0 Å². The minimum atomic E-state index is -3.28. The van der Waals surface area contributed by atoms with Crippen LogP contribution in [0.15, 0.2) is 0 Å². The zero-order valence-corrected chi connectivity index (χ0v) is 11.8. The molecule has 1 aliphatic carbocycles. The van der Waals surface area contributed by atoms with Gasteiger partial charge in [-0.1, -0.05) is 27.2 Å². The van der Waals surface area contributed by atoms with Crippen molar-refractivity contribution in [2.45, 2.75) is 45.3 Å². The second-order valence-corrected chi connectivity index (χ2v) is 7.51. The standard InChI is InChI=1S/C12H25NO3S/c1-9(2)11-5-4-10(3)8-12(11)17(15,16)13-6-7-14/h9-14H,4-8H2,1-3H3. The van der Waals surface area contributed by atoms with E-state index in [4.69, 9.17) is 5.11 Å². The quantitative estimate of drug-likeness (QED) is 0.787. The molecule has 0 aromatic rings. The van der Waals surface area contributed by atoms with Crippen LogP contribution < -0.4 is 4.72 Å². The van der Waals surface area contributed by atoms with E-state index in [1.165, 1.54) is 0 Å². The minimum absolute atomic E-state index is 0.123. The zero-order valence-electron chi connectivity index (χ0n) is 11.0. The Kier molecular flexibility index (Phi) is 5.41. The van der Waals surface area contributed by atoms with E-state index in [2.05, 4.69) is 25.5 Å². The lowest BCUT2D eigenvalue weighted by molar-refractivity contribution is 0.235. The van der Waals surface area contributed by atoms with Gasteiger partial charge in [0.2, 0.25) is 10.0 Å². The molecule has 1 aliphatic rings. The largest absolute Gasteiger partial charge is 0.395 e. The van der Waals surface area contributed by atoms with Gasteiger partial charge in [0.05, 0.1) is 11.9 Å². The van der Waals surface area contributed by atoms with Crippen molar-refractivity contribution in [3.8, 4) is 0 Å². The molecule has 0 heterocycles. The SMILES string of the molecule is CC1CCC(C(C)C)C(S(=O)(=O)NCCO)C1. The van der Waals surface area contributed by atoms with Crippen molar-refractivity contribution in [3.05, 3.63) is 0 Å². The van der Waals surface area contributed by atoms with Crippen LogP contribution in [0.4, 0.5) is 0 Å². The molecule has 0 spiro atoms. The van der Waals surface area contributed by atoms with E-state index in [1.807, 2.05) is 0 Å². The molecule has 0 amide bonds. The van der Waals surface area contributed by atoms with Crippen molar-refractivity contribution in [3.63, 3.8) is 0 Å². The summed E-state index contributed by atoms with van der Waals surface area (Å²) in [5.41, 5.74) is 0. The van der Waals surface area contributed by atoms with E-state index in [-0.39, 0.29) is 24.3 Å². The minimum Gasteiger partial charge on any atom is -0.395 e. The average molecular weight is 263 g/mol. The summed E-state index contributed by atoms with van der Waals surface area (Å²) >= 11 is 0. The number of hydrogen-bond acceptors (Lipinski definition) is 3. The van der Waals surface area contributed by atoms with Crippen LogP contribution in [0, 0.1) is 17.8 Å². The van der Waals surface area contributed by atoms with E-state index in [0.29, 0.717) is 11.8 Å². The first-order chi connectivity index (χ1) is 7.88. The molecule has 1 rings (SSSR count). The van der Waals surface area contributed by atoms with Crippen LogP contribution in [-0.2, 0) is 10.0 Å². The number of nitrogens with one attached hydrogen (secondary N) is 1. The van der Waals surface area contributed by atoms with E-state index in [9.17, 15) is 8.42 Å². The highest BCUT2D eigenvalue weighted by molar-refractivity contribution is 7.90. The monoisotopic (exact) mass is 263 g/mol. The van der Waals surface area contributed by atoms with Gasteiger partial charge in [0.1, 0.15) is 0 Å². The number of hydrogen-bond donors (Lipinski definition) is 2. The fourth-order valence-electron chi connectivity index (χ4n) is 2.77. The third-order valence-electron chi connectivity index (χ3n) is 3.77. The summed E-state index contributed by atoms with van der Waals surface area (Å²) in [5, 5.41) is 8.43. The molecule has 1 saturated carbocycles. The topological polar surface area (TPSA) is 66.4 Å². The summed E-state index contributed by atoms with van der Waals surface area (Å²) in [6, 6.07) is 0.